The molecule has 0 aromatic carbocycles. The zero-order valence-electron chi connectivity index (χ0n) is 9.45. The Balaban J connectivity index is -0.000000605. The molecule has 0 aromatic heterocycles. The zero-order chi connectivity index (χ0) is 9.23. The molecule has 0 heterocycles. The average molecular weight is 458 g/mol. The molecule has 0 saturated heterocycles. The fraction of sp³-hybridized carbons (Fsp3) is 0.778. The Morgan fingerprint density at radius 3 is 2.50 bits per heavy atom. The molecule has 0 atom stereocenters. The first-order chi connectivity index (χ1) is 5.81. The van der Waals surface area contributed by atoms with Gasteiger partial charge in [-0.05, 0) is 19.8 Å². The van der Waals surface area contributed by atoms with E-state index in [1.54, 1.807) is 6.92 Å². The van der Waals surface area contributed by atoms with E-state index >= 15 is 0 Å². The predicted molar refractivity (Wildman–Crippen MR) is 53.4 cm³/mol. The van der Waals surface area contributed by atoms with Gasteiger partial charge in [0.1, 0.15) is 6.61 Å². The van der Waals surface area contributed by atoms with E-state index in [2.05, 4.69) is 5.16 Å². The van der Waals surface area contributed by atoms with Gasteiger partial charge in [0.25, 0.3) is 0 Å². The maximum Gasteiger partial charge on any atom is 0.222 e. The maximum absolute atomic E-state index is 8.44. The van der Waals surface area contributed by atoms with Gasteiger partial charge in [0, 0.05) is 13.5 Å². The van der Waals surface area contributed by atoms with E-state index in [1.807, 2.05) is 6.92 Å². The molecule has 82 valence electrons. The number of aliphatic hydroxyl groups excluding tert-OH is 1. The van der Waals surface area contributed by atoms with Gasteiger partial charge in [-0.25, -0.2) is 0 Å². The molecular weight excluding hydrogens is 438 g/mol. The first-order valence-corrected chi connectivity index (χ1v) is 4.21. The molecule has 0 amide bonds. The van der Waals surface area contributed by atoms with Crippen LogP contribution in [0.5, 0.6) is 0 Å². The van der Waals surface area contributed by atoms with Crippen LogP contribution in [0.3, 0.4) is 0 Å². The van der Waals surface area contributed by atoms with E-state index in [-0.39, 0.29) is 14.0 Å². The predicted octanol–water partition coefficient (Wildman–Crippen LogP) is 1.60. The topological polar surface area (TPSA) is 51.0 Å². The van der Waals surface area contributed by atoms with Gasteiger partial charge in [0.2, 0.25) is 5.90 Å². The molecule has 1 N–H and O–H groups in total. The number of hydrogen-bond acceptors (Lipinski definition) is 4. The number of rotatable bonds is 6. The summed E-state index contributed by atoms with van der Waals surface area (Å²) >= 11 is 0. The summed E-state index contributed by atoms with van der Waals surface area (Å²) in [7, 11) is 0. The number of oxime groups is 1. The van der Waals surface area contributed by atoms with Crippen LogP contribution in [0.1, 0.15) is 26.7 Å². The summed E-state index contributed by atoms with van der Waals surface area (Å²) in [5, 5.41) is 12.1. The number of ether oxygens (including phenoxy) is 1. The normalized spacial score (nSPS) is 9.79. The minimum absolute atomic E-state index is 0. The minimum atomic E-state index is 0. The van der Waals surface area contributed by atoms with Gasteiger partial charge < -0.3 is 22.1 Å². The maximum atomic E-state index is 8.44. The number of aliphatic hydroxyl groups is 1. The Kier molecular flexibility index (Phi) is 17.8. The quantitative estimate of drug-likeness (QED) is 0.216. The third kappa shape index (κ3) is 12.9. The first kappa shape index (κ1) is 18.1. The van der Waals surface area contributed by atoms with Crippen LogP contribution in [0.4, 0.5) is 0 Å². The van der Waals surface area contributed by atoms with Crippen molar-refractivity contribution in [2.24, 2.45) is 5.16 Å². The molecule has 0 spiro atoms. The SMILES string of the molecule is CCOC(C)=NOCCCCO.[CH3-].[Db]. The van der Waals surface area contributed by atoms with Crippen molar-refractivity contribution < 1.29 is 14.7 Å². The number of unbranched alkanes of at least 4 members (excludes halogenated alkanes) is 1. The van der Waals surface area contributed by atoms with Gasteiger partial charge in [0.15, 0.2) is 0 Å². The fourth-order valence-electron chi connectivity index (χ4n) is 0.650. The van der Waals surface area contributed by atoms with E-state index in [4.69, 9.17) is 14.7 Å². The zero-order valence-corrected chi connectivity index (χ0v) is 15.9. The van der Waals surface area contributed by atoms with Gasteiger partial charge in [0.05, 0.1) is 6.61 Å². The van der Waals surface area contributed by atoms with Gasteiger partial charge in [-0.2, -0.15) is 0 Å². The second-order valence-corrected chi connectivity index (χ2v) is 2.31. The Bertz CT molecular complexity index is 131. The van der Waals surface area contributed by atoms with Crippen molar-refractivity contribution >= 4 is 5.90 Å². The standard InChI is InChI=1S/C8H17NO3.CH3.Db/c1-3-11-8(2)9-12-7-5-4-6-10;;/h10H,3-7H2,1-2H3;1H3;/q;-1;. The monoisotopic (exact) mass is 458 g/mol. The molecule has 0 aliphatic carbocycles. The summed E-state index contributed by atoms with van der Waals surface area (Å²) in [6, 6.07) is 0. The number of hydrogen-bond donors (Lipinski definition) is 1. The van der Waals surface area contributed by atoms with E-state index in [9.17, 15) is 0 Å². The van der Waals surface area contributed by atoms with Crippen molar-refractivity contribution in [3.05, 3.63) is 7.43 Å². The Morgan fingerprint density at radius 2 is 2.00 bits per heavy atom. The molecule has 0 unspecified atom stereocenters. The van der Waals surface area contributed by atoms with Gasteiger partial charge in [-0.3, -0.25) is 0 Å². The summed E-state index contributed by atoms with van der Waals surface area (Å²) in [5.74, 6) is 0.543. The first-order valence-electron chi connectivity index (χ1n) is 4.21. The summed E-state index contributed by atoms with van der Waals surface area (Å²) in [5.41, 5.74) is 0. The molecule has 14 heavy (non-hydrogen) atoms. The third-order valence-electron chi connectivity index (χ3n) is 1.19. The fourth-order valence-corrected chi connectivity index (χ4v) is 0.650. The van der Waals surface area contributed by atoms with E-state index < -0.39 is 0 Å². The van der Waals surface area contributed by atoms with Gasteiger partial charge >= 0.3 is 0 Å². The van der Waals surface area contributed by atoms with Crippen molar-refractivity contribution in [2.45, 2.75) is 26.7 Å². The largest absolute Gasteiger partial charge is 0.479 e. The van der Waals surface area contributed by atoms with Crippen LogP contribution in [-0.4, -0.2) is 30.8 Å². The molecule has 0 bridgehead atoms. The van der Waals surface area contributed by atoms with Gasteiger partial charge in [-0.15, -0.1) is 0 Å². The molecule has 5 heteroatoms. The molecule has 0 saturated carbocycles. The molecule has 0 rings (SSSR count). The summed E-state index contributed by atoms with van der Waals surface area (Å²) in [4.78, 5) is 4.90. The van der Waals surface area contributed by atoms with Crippen LogP contribution in [-0.2, 0) is 9.57 Å². The molecule has 0 radical (unpaired) electrons. The molecule has 4 nitrogen and oxygen atoms in total. The van der Waals surface area contributed by atoms with Crippen LogP contribution in [0.25, 0.3) is 0 Å². The van der Waals surface area contributed by atoms with Gasteiger partial charge in [-0.1, -0.05) is 5.16 Å². The number of nitrogens with zero attached hydrogens (tertiary/aromatic N) is 1. The van der Waals surface area contributed by atoms with Crippen LogP contribution >= 0.6 is 0 Å². The van der Waals surface area contributed by atoms with Crippen molar-refractivity contribution in [1.82, 2.24) is 0 Å². The van der Waals surface area contributed by atoms with E-state index in [0.717, 1.165) is 12.8 Å². The second-order valence-electron chi connectivity index (χ2n) is 2.31. The Labute approximate surface area is 80.5 Å². The molecule has 0 aromatic rings. The average Bonchev–Trinajstić information content (AvgIpc) is 2.05. The third-order valence-corrected chi connectivity index (χ3v) is 1.19. The molecule has 0 fully saturated rings. The summed E-state index contributed by atoms with van der Waals surface area (Å²) in [6.45, 7) is 4.98. The smallest absolute Gasteiger partial charge is 0.222 e. The van der Waals surface area contributed by atoms with Crippen molar-refractivity contribution in [2.75, 3.05) is 19.8 Å². The molecule has 0 aliphatic rings. The van der Waals surface area contributed by atoms with Crippen LogP contribution in [0.15, 0.2) is 5.16 Å². The van der Waals surface area contributed by atoms with E-state index in [1.165, 1.54) is 0 Å². The minimum Gasteiger partial charge on any atom is -0.479 e. The molecular formula is C9H20DbNO3-. The Hall–Kier alpha value is -1.77. The molecule has 0 aliphatic heterocycles. The second kappa shape index (κ2) is 13.8. The van der Waals surface area contributed by atoms with E-state index in [0.29, 0.717) is 19.1 Å². The van der Waals surface area contributed by atoms with Crippen molar-refractivity contribution in [3.8, 4) is 0 Å². The van der Waals surface area contributed by atoms with Crippen molar-refractivity contribution in [3.63, 3.8) is 0 Å². The van der Waals surface area contributed by atoms with Crippen molar-refractivity contribution in [1.29, 1.82) is 0 Å². The summed E-state index contributed by atoms with van der Waals surface area (Å²) < 4.78 is 5.02. The van der Waals surface area contributed by atoms with Crippen LogP contribution in [0, 0.1) is 7.43 Å². The Morgan fingerprint density at radius 1 is 1.36 bits per heavy atom. The summed E-state index contributed by atoms with van der Waals surface area (Å²) in [6.07, 6.45) is 1.57. The van der Waals surface area contributed by atoms with Crippen LogP contribution < -0.4 is 0 Å². The van der Waals surface area contributed by atoms with Crippen LogP contribution in [0.2, 0.25) is 0 Å².